The van der Waals surface area contributed by atoms with Gasteiger partial charge in [0.1, 0.15) is 0 Å². The van der Waals surface area contributed by atoms with Gasteiger partial charge >= 0.3 is 6.18 Å². The van der Waals surface area contributed by atoms with Gasteiger partial charge in [0.05, 0.1) is 21.7 Å². The standard InChI is InChI=1S/C22H18F3N5O2S/c1-3-11-29-19(32)16-9-4-5-10-17(16)30-20(29)27-28-21(30)33-13(2)18(31)26-15-8-6-7-14(12-15)22(23,24)25/h3-10,12-13H,1,11H2,2H3,(H,26,31). The molecule has 170 valence electrons. The number of nitrogens with one attached hydrogen (secondary N) is 1. The first kappa shape index (κ1) is 22.6. The number of hydrogen-bond acceptors (Lipinski definition) is 5. The zero-order valence-electron chi connectivity index (χ0n) is 17.3. The van der Waals surface area contributed by atoms with Crippen LogP contribution in [0.1, 0.15) is 12.5 Å². The van der Waals surface area contributed by atoms with E-state index in [2.05, 4.69) is 22.1 Å². The van der Waals surface area contributed by atoms with Gasteiger partial charge in [-0.25, -0.2) is 0 Å². The maximum atomic E-state index is 12.9. The lowest BCUT2D eigenvalue weighted by Gasteiger charge is -2.14. The van der Waals surface area contributed by atoms with E-state index in [1.165, 1.54) is 16.7 Å². The first-order chi connectivity index (χ1) is 15.7. The summed E-state index contributed by atoms with van der Waals surface area (Å²) in [5, 5.41) is 10.9. The molecule has 7 nitrogen and oxygen atoms in total. The first-order valence-corrected chi connectivity index (χ1v) is 10.7. The summed E-state index contributed by atoms with van der Waals surface area (Å²) in [7, 11) is 0. The van der Waals surface area contributed by atoms with Crippen LogP contribution in [0.15, 0.2) is 71.1 Å². The maximum Gasteiger partial charge on any atom is 0.416 e. The van der Waals surface area contributed by atoms with E-state index >= 15 is 0 Å². The number of para-hydroxylation sites is 1. The number of nitrogens with zero attached hydrogens (tertiary/aromatic N) is 4. The number of carbonyl (C=O) groups excluding carboxylic acids is 1. The van der Waals surface area contributed by atoms with Gasteiger partial charge in [0, 0.05) is 12.2 Å². The third-order valence-electron chi connectivity index (χ3n) is 4.90. The molecule has 1 N–H and O–H groups in total. The van der Waals surface area contributed by atoms with Crippen molar-refractivity contribution in [3.05, 3.63) is 77.1 Å². The highest BCUT2D eigenvalue weighted by atomic mass is 32.2. The lowest BCUT2D eigenvalue weighted by atomic mass is 10.2. The third-order valence-corrected chi connectivity index (χ3v) is 5.94. The molecule has 2 aromatic heterocycles. The second-order valence-electron chi connectivity index (χ2n) is 7.17. The second-order valence-corrected chi connectivity index (χ2v) is 8.48. The van der Waals surface area contributed by atoms with Crippen molar-refractivity contribution in [2.75, 3.05) is 5.32 Å². The minimum atomic E-state index is -4.51. The van der Waals surface area contributed by atoms with E-state index in [0.717, 1.165) is 23.9 Å². The minimum absolute atomic E-state index is 0.0404. The number of alkyl halides is 3. The molecule has 2 heterocycles. The number of hydrogen-bond donors (Lipinski definition) is 1. The van der Waals surface area contributed by atoms with Crippen molar-refractivity contribution >= 4 is 40.0 Å². The van der Waals surface area contributed by atoms with Crippen molar-refractivity contribution in [2.24, 2.45) is 0 Å². The van der Waals surface area contributed by atoms with Crippen LogP contribution in [-0.4, -0.2) is 30.3 Å². The number of anilines is 1. The van der Waals surface area contributed by atoms with E-state index in [1.807, 2.05) is 0 Å². The number of benzene rings is 2. The van der Waals surface area contributed by atoms with Gasteiger partial charge in [0.2, 0.25) is 11.7 Å². The molecule has 4 aromatic rings. The molecule has 0 aliphatic rings. The molecule has 0 aliphatic heterocycles. The smallest absolute Gasteiger partial charge is 0.325 e. The van der Waals surface area contributed by atoms with Gasteiger partial charge in [0.15, 0.2) is 5.16 Å². The second kappa shape index (κ2) is 8.74. The van der Waals surface area contributed by atoms with Crippen LogP contribution in [-0.2, 0) is 17.5 Å². The van der Waals surface area contributed by atoms with Crippen LogP contribution in [0, 0.1) is 0 Å². The van der Waals surface area contributed by atoms with Gasteiger partial charge in [-0.1, -0.05) is 36.0 Å². The van der Waals surface area contributed by atoms with E-state index < -0.39 is 22.9 Å². The molecule has 0 fully saturated rings. The summed E-state index contributed by atoms with van der Waals surface area (Å²) < 4.78 is 41.9. The van der Waals surface area contributed by atoms with Gasteiger partial charge in [-0.3, -0.25) is 18.6 Å². The molecule has 0 saturated heterocycles. The SMILES string of the molecule is C=CCn1c(=O)c2ccccc2n2c(SC(C)C(=O)Nc3cccc(C(F)(F)F)c3)nnc12. The van der Waals surface area contributed by atoms with Gasteiger partial charge in [-0.2, -0.15) is 13.2 Å². The zero-order valence-corrected chi connectivity index (χ0v) is 18.2. The molecule has 0 saturated carbocycles. The Kier molecular flexibility index (Phi) is 5.98. The Bertz CT molecular complexity index is 1430. The highest BCUT2D eigenvalue weighted by Crippen LogP contribution is 2.31. The highest BCUT2D eigenvalue weighted by molar-refractivity contribution is 8.00. The average Bonchev–Trinajstić information content (AvgIpc) is 3.19. The predicted molar refractivity (Wildman–Crippen MR) is 120 cm³/mol. The molecule has 0 spiro atoms. The Balaban J connectivity index is 1.66. The molecule has 0 bridgehead atoms. The molecule has 11 heteroatoms. The lowest BCUT2D eigenvalue weighted by molar-refractivity contribution is -0.137. The summed E-state index contributed by atoms with van der Waals surface area (Å²) in [5.74, 6) is -0.202. The van der Waals surface area contributed by atoms with Crippen LogP contribution >= 0.6 is 11.8 Å². The summed E-state index contributed by atoms with van der Waals surface area (Å²) in [4.78, 5) is 25.5. The lowest BCUT2D eigenvalue weighted by Crippen LogP contribution is -2.24. The summed E-state index contributed by atoms with van der Waals surface area (Å²) in [6, 6.07) is 11.4. The molecular weight excluding hydrogens is 455 g/mol. The van der Waals surface area contributed by atoms with Gasteiger partial charge in [0.25, 0.3) is 5.56 Å². The number of halogens is 3. The first-order valence-electron chi connectivity index (χ1n) is 9.83. The number of rotatable bonds is 6. The number of carbonyl (C=O) groups is 1. The van der Waals surface area contributed by atoms with Crippen molar-refractivity contribution < 1.29 is 18.0 Å². The normalized spacial score (nSPS) is 12.7. The quantitative estimate of drug-likeness (QED) is 0.332. The van der Waals surface area contributed by atoms with E-state index in [9.17, 15) is 22.8 Å². The highest BCUT2D eigenvalue weighted by Gasteiger charge is 2.30. The van der Waals surface area contributed by atoms with Crippen LogP contribution in [0.25, 0.3) is 16.7 Å². The van der Waals surface area contributed by atoms with Crippen LogP contribution in [0.3, 0.4) is 0 Å². The number of thioether (sulfide) groups is 1. The van der Waals surface area contributed by atoms with Crippen LogP contribution < -0.4 is 10.9 Å². The number of fused-ring (bicyclic) bond motifs is 3. The maximum absolute atomic E-state index is 12.9. The van der Waals surface area contributed by atoms with E-state index in [0.29, 0.717) is 21.8 Å². The topological polar surface area (TPSA) is 81.3 Å². The molecular formula is C22H18F3N5O2S. The van der Waals surface area contributed by atoms with Gasteiger partial charge < -0.3 is 5.32 Å². The van der Waals surface area contributed by atoms with E-state index in [-0.39, 0.29) is 17.8 Å². The molecule has 1 atom stereocenters. The molecule has 4 rings (SSSR count). The van der Waals surface area contributed by atoms with Gasteiger partial charge in [-0.15, -0.1) is 16.8 Å². The minimum Gasteiger partial charge on any atom is -0.325 e. The predicted octanol–water partition coefficient (Wildman–Crippen LogP) is 4.37. The molecule has 0 radical (unpaired) electrons. The van der Waals surface area contributed by atoms with Crippen molar-refractivity contribution in [1.82, 2.24) is 19.2 Å². The van der Waals surface area contributed by atoms with Crippen molar-refractivity contribution in [3.8, 4) is 0 Å². The third kappa shape index (κ3) is 4.36. The summed E-state index contributed by atoms with van der Waals surface area (Å²) >= 11 is 1.08. The Morgan fingerprint density at radius 1 is 1.21 bits per heavy atom. The van der Waals surface area contributed by atoms with Crippen molar-refractivity contribution in [1.29, 1.82) is 0 Å². The summed E-state index contributed by atoms with van der Waals surface area (Å²) in [5.41, 5.74) is -0.470. The van der Waals surface area contributed by atoms with E-state index in [4.69, 9.17) is 0 Å². The van der Waals surface area contributed by atoms with Gasteiger partial charge in [-0.05, 0) is 37.3 Å². The molecule has 2 aromatic carbocycles. The fourth-order valence-electron chi connectivity index (χ4n) is 3.33. The monoisotopic (exact) mass is 473 g/mol. The largest absolute Gasteiger partial charge is 0.416 e. The molecule has 33 heavy (non-hydrogen) atoms. The summed E-state index contributed by atoms with van der Waals surface area (Å²) in [6.07, 6.45) is -2.94. The number of allylic oxidation sites excluding steroid dienone is 1. The Morgan fingerprint density at radius 2 is 1.97 bits per heavy atom. The molecule has 0 aliphatic carbocycles. The van der Waals surface area contributed by atoms with Crippen LogP contribution in [0.5, 0.6) is 0 Å². The van der Waals surface area contributed by atoms with Crippen molar-refractivity contribution in [2.45, 2.75) is 30.1 Å². The fourth-order valence-corrected chi connectivity index (χ4v) is 4.19. The van der Waals surface area contributed by atoms with E-state index in [1.54, 1.807) is 41.7 Å². The Morgan fingerprint density at radius 3 is 2.70 bits per heavy atom. The van der Waals surface area contributed by atoms with Crippen LogP contribution in [0.4, 0.5) is 18.9 Å². The van der Waals surface area contributed by atoms with Crippen molar-refractivity contribution in [3.63, 3.8) is 0 Å². The zero-order chi connectivity index (χ0) is 23.8. The summed E-state index contributed by atoms with van der Waals surface area (Å²) in [6.45, 7) is 5.51. The molecule has 1 amide bonds. The fraction of sp³-hybridized carbons (Fsp3) is 0.182. The number of aromatic nitrogens is 4. The molecule has 1 unspecified atom stereocenters. The number of amides is 1. The Hall–Kier alpha value is -3.60. The van der Waals surface area contributed by atoms with Crippen LogP contribution in [0.2, 0.25) is 0 Å². The average molecular weight is 473 g/mol. The Labute approximate surface area is 189 Å².